The van der Waals surface area contributed by atoms with E-state index in [0.29, 0.717) is 6.61 Å². The molecule has 0 spiro atoms. The van der Waals surface area contributed by atoms with Crippen LogP contribution in [0, 0.1) is 0 Å². The van der Waals surface area contributed by atoms with Gasteiger partial charge in [-0.25, -0.2) is 0 Å². The summed E-state index contributed by atoms with van der Waals surface area (Å²) in [5.41, 5.74) is 0.431. The lowest BCUT2D eigenvalue weighted by Crippen LogP contribution is -2.51. The van der Waals surface area contributed by atoms with Gasteiger partial charge in [0.25, 0.3) is 0 Å². The number of rotatable bonds is 3. The lowest BCUT2D eigenvalue weighted by molar-refractivity contribution is -0.123. The highest BCUT2D eigenvalue weighted by Gasteiger charge is 2.34. The zero-order chi connectivity index (χ0) is 13.9. The predicted molar refractivity (Wildman–Crippen MR) is 76.7 cm³/mol. The molecule has 1 aliphatic rings. The van der Waals surface area contributed by atoms with Crippen molar-refractivity contribution in [1.82, 2.24) is 5.32 Å². The minimum absolute atomic E-state index is 0.120. The molecule has 19 heavy (non-hydrogen) atoms. The van der Waals surface area contributed by atoms with Crippen LogP contribution in [0.4, 0.5) is 5.69 Å². The number of amides is 1. The average Bonchev–Trinajstić information content (AvgIpc) is 2.52. The molecule has 1 amide bonds. The van der Waals surface area contributed by atoms with E-state index in [0.717, 1.165) is 30.9 Å². The first-order chi connectivity index (χ1) is 9.04. The van der Waals surface area contributed by atoms with E-state index < -0.39 is 5.54 Å². The number of carbonyl (C=O) groups is 1. The van der Waals surface area contributed by atoms with Crippen molar-refractivity contribution in [3.8, 4) is 5.75 Å². The Hall–Kier alpha value is -1.55. The molecule has 0 radical (unpaired) electrons. The number of nitrogens with one attached hydrogen (secondary N) is 1. The molecule has 0 aromatic heterocycles. The number of carbonyl (C=O) groups excluding carboxylic acids is 1. The largest absolute Gasteiger partial charge is 0.494 e. The van der Waals surface area contributed by atoms with E-state index in [-0.39, 0.29) is 5.91 Å². The third-order valence-electron chi connectivity index (χ3n) is 3.36. The van der Waals surface area contributed by atoms with Crippen molar-refractivity contribution in [3.63, 3.8) is 0 Å². The molecule has 0 bridgehead atoms. The maximum Gasteiger partial charge on any atom is 0.246 e. The summed E-state index contributed by atoms with van der Waals surface area (Å²) in [5, 5.41) is 3.29. The van der Waals surface area contributed by atoms with Gasteiger partial charge in [-0.3, -0.25) is 4.79 Å². The van der Waals surface area contributed by atoms with E-state index in [9.17, 15) is 4.79 Å². The van der Waals surface area contributed by atoms with E-state index in [4.69, 9.17) is 4.74 Å². The highest BCUT2D eigenvalue weighted by molar-refractivity contribution is 6.00. The Morgan fingerprint density at radius 3 is 2.63 bits per heavy atom. The van der Waals surface area contributed by atoms with Crippen LogP contribution in [0.25, 0.3) is 0 Å². The van der Waals surface area contributed by atoms with Gasteiger partial charge in [-0.2, -0.15) is 0 Å². The van der Waals surface area contributed by atoms with Gasteiger partial charge in [0.05, 0.1) is 12.1 Å². The van der Waals surface area contributed by atoms with Gasteiger partial charge in [0, 0.05) is 12.2 Å². The Labute approximate surface area is 114 Å². The van der Waals surface area contributed by atoms with Crippen LogP contribution >= 0.6 is 0 Å². The SMILES string of the molecule is CCOc1ccc(N2CCCNC(C)(C)C2=O)cc1. The number of ether oxygens (including phenoxy) is 1. The van der Waals surface area contributed by atoms with Gasteiger partial charge in [-0.1, -0.05) is 0 Å². The molecular weight excluding hydrogens is 240 g/mol. The van der Waals surface area contributed by atoms with Gasteiger partial charge in [-0.15, -0.1) is 0 Å². The summed E-state index contributed by atoms with van der Waals surface area (Å²) in [7, 11) is 0. The molecule has 1 N–H and O–H groups in total. The van der Waals surface area contributed by atoms with E-state index in [1.165, 1.54) is 0 Å². The number of anilines is 1. The molecule has 1 saturated heterocycles. The Balaban J connectivity index is 2.21. The normalized spacial score (nSPS) is 19.1. The van der Waals surface area contributed by atoms with Crippen LogP contribution in [0.15, 0.2) is 24.3 Å². The Kier molecular flexibility index (Phi) is 4.10. The minimum Gasteiger partial charge on any atom is -0.494 e. The molecule has 1 aromatic carbocycles. The molecule has 0 atom stereocenters. The molecule has 1 aliphatic heterocycles. The van der Waals surface area contributed by atoms with Crippen molar-refractivity contribution in [3.05, 3.63) is 24.3 Å². The maximum atomic E-state index is 12.5. The molecule has 0 unspecified atom stereocenters. The standard InChI is InChI=1S/C15H22N2O2/c1-4-19-13-8-6-12(7-9-13)17-11-5-10-16-15(2,3)14(17)18/h6-9,16H,4-5,10-11H2,1-3H3. The topological polar surface area (TPSA) is 41.6 Å². The fourth-order valence-corrected chi connectivity index (χ4v) is 2.29. The zero-order valence-electron chi connectivity index (χ0n) is 11.9. The second-order valence-corrected chi connectivity index (χ2v) is 5.29. The molecule has 2 rings (SSSR count). The minimum atomic E-state index is -0.505. The van der Waals surface area contributed by atoms with Crippen molar-refractivity contribution < 1.29 is 9.53 Å². The van der Waals surface area contributed by atoms with Gasteiger partial charge in [0.1, 0.15) is 5.75 Å². The molecule has 0 aliphatic carbocycles. The fraction of sp³-hybridized carbons (Fsp3) is 0.533. The van der Waals surface area contributed by atoms with Crippen molar-refractivity contribution in [2.45, 2.75) is 32.7 Å². The molecule has 1 aromatic rings. The lowest BCUT2D eigenvalue weighted by atomic mass is 10.0. The van der Waals surface area contributed by atoms with E-state index >= 15 is 0 Å². The third-order valence-corrected chi connectivity index (χ3v) is 3.36. The molecular formula is C15H22N2O2. The molecule has 4 heteroatoms. The highest BCUT2D eigenvalue weighted by atomic mass is 16.5. The van der Waals surface area contributed by atoms with Crippen LogP contribution in [0.2, 0.25) is 0 Å². The summed E-state index contributed by atoms with van der Waals surface area (Å²) >= 11 is 0. The molecule has 104 valence electrons. The number of nitrogens with zero attached hydrogens (tertiary/aromatic N) is 1. The van der Waals surface area contributed by atoms with Crippen LogP contribution in [0.5, 0.6) is 5.75 Å². The van der Waals surface area contributed by atoms with Gasteiger partial charge in [-0.05, 0) is 58.0 Å². The van der Waals surface area contributed by atoms with Crippen molar-refractivity contribution >= 4 is 11.6 Å². The first-order valence-electron chi connectivity index (χ1n) is 6.84. The summed E-state index contributed by atoms with van der Waals surface area (Å²) in [4.78, 5) is 14.4. The van der Waals surface area contributed by atoms with Crippen LogP contribution in [-0.4, -0.2) is 31.1 Å². The van der Waals surface area contributed by atoms with Crippen LogP contribution in [0.3, 0.4) is 0 Å². The van der Waals surface area contributed by atoms with E-state index in [1.54, 1.807) is 0 Å². The van der Waals surface area contributed by atoms with Crippen molar-refractivity contribution in [1.29, 1.82) is 0 Å². The van der Waals surface area contributed by atoms with Gasteiger partial charge in [0.2, 0.25) is 5.91 Å². The fourth-order valence-electron chi connectivity index (χ4n) is 2.29. The zero-order valence-corrected chi connectivity index (χ0v) is 11.9. The lowest BCUT2D eigenvalue weighted by Gasteiger charge is -2.29. The first-order valence-corrected chi connectivity index (χ1v) is 6.84. The van der Waals surface area contributed by atoms with Crippen LogP contribution in [0.1, 0.15) is 27.2 Å². The average molecular weight is 262 g/mol. The predicted octanol–water partition coefficient (Wildman–Crippen LogP) is 2.19. The summed E-state index contributed by atoms with van der Waals surface area (Å²) in [6.07, 6.45) is 0.961. The summed E-state index contributed by atoms with van der Waals surface area (Å²) in [6.45, 7) is 8.10. The summed E-state index contributed by atoms with van der Waals surface area (Å²) in [6, 6.07) is 7.73. The summed E-state index contributed by atoms with van der Waals surface area (Å²) in [5.74, 6) is 0.958. The molecule has 0 saturated carbocycles. The first kappa shape index (κ1) is 13.9. The number of hydrogen-bond acceptors (Lipinski definition) is 3. The van der Waals surface area contributed by atoms with E-state index in [2.05, 4.69) is 5.32 Å². The maximum absolute atomic E-state index is 12.5. The van der Waals surface area contributed by atoms with Crippen LogP contribution < -0.4 is 15.0 Å². The third kappa shape index (κ3) is 3.07. The van der Waals surface area contributed by atoms with Gasteiger partial charge in [0.15, 0.2) is 0 Å². The van der Waals surface area contributed by atoms with Crippen LogP contribution in [-0.2, 0) is 4.79 Å². The Morgan fingerprint density at radius 2 is 2.00 bits per heavy atom. The van der Waals surface area contributed by atoms with Gasteiger partial charge >= 0.3 is 0 Å². The second kappa shape index (κ2) is 5.61. The Morgan fingerprint density at radius 1 is 1.32 bits per heavy atom. The second-order valence-electron chi connectivity index (χ2n) is 5.29. The summed E-state index contributed by atoms with van der Waals surface area (Å²) < 4.78 is 5.42. The quantitative estimate of drug-likeness (QED) is 0.908. The molecule has 1 heterocycles. The van der Waals surface area contributed by atoms with Crippen molar-refractivity contribution in [2.24, 2.45) is 0 Å². The molecule has 4 nitrogen and oxygen atoms in total. The number of hydrogen-bond donors (Lipinski definition) is 1. The highest BCUT2D eigenvalue weighted by Crippen LogP contribution is 2.23. The van der Waals surface area contributed by atoms with Crippen molar-refractivity contribution in [2.75, 3.05) is 24.6 Å². The van der Waals surface area contributed by atoms with E-state index in [1.807, 2.05) is 49.9 Å². The number of benzene rings is 1. The monoisotopic (exact) mass is 262 g/mol. The van der Waals surface area contributed by atoms with Gasteiger partial charge < -0.3 is 15.0 Å². The molecule has 1 fully saturated rings. The Bertz CT molecular complexity index is 440. The smallest absolute Gasteiger partial charge is 0.246 e.